The van der Waals surface area contributed by atoms with Crippen molar-refractivity contribution in [2.24, 2.45) is 23.7 Å². The zero-order chi connectivity index (χ0) is 10.0. The SMILES string of the molecule is CC(C)C(C)C1CNC(C)C(C)C1. The zero-order valence-electron chi connectivity index (χ0n) is 9.80. The summed E-state index contributed by atoms with van der Waals surface area (Å²) < 4.78 is 0. The van der Waals surface area contributed by atoms with Gasteiger partial charge in [-0.3, -0.25) is 0 Å². The summed E-state index contributed by atoms with van der Waals surface area (Å²) in [6.45, 7) is 13.0. The van der Waals surface area contributed by atoms with E-state index < -0.39 is 0 Å². The van der Waals surface area contributed by atoms with Crippen LogP contribution >= 0.6 is 0 Å². The molecule has 1 fully saturated rings. The molecular weight excluding hydrogens is 158 g/mol. The van der Waals surface area contributed by atoms with Gasteiger partial charge in [-0.25, -0.2) is 0 Å². The van der Waals surface area contributed by atoms with Crippen molar-refractivity contribution >= 4 is 0 Å². The van der Waals surface area contributed by atoms with E-state index >= 15 is 0 Å². The number of rotatable bonds is 2. The lowest BCUT2D eigenvalue weighted by molar-refractivity contribution is 0.164. The van der Waals surface area contributed by atoms with Crippen LogP contribution in [0.2, 0.25) is 0 Å². The van der Waals surface area contributed by atoms with Gasteiger partial charge in [0.05, 0.1) is 0 Å². The molecule has 4 atom stereocenters. The van der Waals surface area contributed by atoms with Crippen molar-refractivity contribution in [3.63, 3.8) is 0 Å². The highest BCUT2D eigenvalue weighted by molar-refractivity contribution is 4.83. The Morgan fingerprint density at radius 1 is 1.15 bits per heavy atom. The number of hydrogen-bond donors (Lipinski definition) is 1. The molecule has 78 valence electrons. The van der Waals surface area contributed by atoms with Gasteiger partial charge in [0.25, 0.3) is 0 Å². The molecule has 1 aliphatic heterocycles. The normalized spacial score (nSPS) is 37.8. The fraction of sp³-hybridized carbons (Fsp3) is 1.00. The molecule has 13 heavy (non-hydrogen) atoms. The second kappa shape index (κ2) is 4.45. The third kappa shape index (κ3) is 2.70. The Labute approximate surface area is 83.3 Å². The van der Waals surface area contributed by atoms with Crippen molar-refractivity contribution in [3.05, 3.63) is 0 Å². The van der Waals surface area contributed by atoms with Crippen molar-refractivity contribution in [2.45, 2.75) is 47.1 Å². The minimum absolute atomic E-state index is 0.718. The summed E-state index contributed by atoms with van der Waals surface area (Å²) >= 11 is 0. The first kappa shape index (κ1) is 11.0. The lowest BCUT2D eigenvalue weighted by Crippen LogP contribution is -2.44. The summed E-state index contributed by atoms with van der Waals surface area (Å²) in [7, 11) is 0. The number of hydrogen-bond acceptors (Lipinski definition) is 1. The van der Waals surface area contributed by atoms with Crippen molar-refractivity contribution in [3.8, 4) is 0 Å². The molecule has 1 nitrogen and oxygen atoms in total. The van der Waals surface area contributed by atoms with Crippen LogP contribution in [0, 0.1) is 23.7 Å². The summed E-state index contributed by atoms with van der Waals surface area (Å²) in [5, 5.41) is 3.62. The van der Waals surface area contributed by atoms with Crippen LogP contribution in [0.25, 0.3) is 0 Å². The topological polar surface area (TPSA) is 12.0 Å². The Hall–Kier alpha value is -0.0400. The lowest BCUT2D eigenvalue weighted by atomic mass is 9.76. The highest BCUT2D eigenvalue weighted by atomic mass is 14.9. The third-order valence-electron chi connectivity index (χ3n) is 4.03. The van der Waals surface area contributed by atoms with Gasteiger partial charge >= 0.3 is 0 Å². The van der Waals surface area contributed by atoms with Crippen molar-refractivity contribution in [1.29, 1.82) is 0 Å². The molecule has 0 aromatic rings. The van der Waals surface area contributed by atoms with Crippen LogP contribution in [-0.2, 0) is 0 Å². The lowest BCUT2D eigenvalue weighted by Gasteiger charge is -2.37. The van der Waals surface area contributed by atoms with Gasteiger partial charge in [0.2, 0.25) is 0 Å². The highest BCUT2D eigenvalue weighted by Crippen LogP contribution is 2.30. The van der Waals surface area contributed by atoms with E-state index in [1.165, 1.54) is 13.0 Å². The molecule has 0 spiro atoms. The first-order valence-corrected chi connectivity index (χ1v) is 5.75. The van der Waals surface area contributed by atoms with Crippen LogP contribution in [0.1, 0.15) is 41.0 Å². The molecular formula is C12H25N. The van der Waals surface area contributed by atoms with Crippen molar-refractivity contribution < 1.29 is 0 Å². The smallest absolute Gasteiger partial charge is 0.00645 e. The molecule has 1 N–H and O–H groups in total. The molecule has 1 heterocycles. The Balaban J connectivity index is 2.45. The van der Waals surface area contributed by atoms with E-state index in [4.69, 9.17) is 0 Å². The van der Waals surface area contributed by atoms with Crippen LogP contribution in [0.4, 0.5) is 0 Å². The van der Waals surface area contributed by atoms with Crippen molar-refractivity contribution in [1.82, 2.24) is 5.32 Å². The summed E-state index contributed by atoms with van der Waals surface area (Å²) in [6.07, 6.45) is 1.41. The molecule has 1 aliphatic rings. The maximum absolute atomic E-state index is 3.62. The quantitative estimate of drug-likeness (QED) is 0.694. The molecule has 0 saturated carbocycles. The van der Waals surface area contributed by atoms with Gasteiger partial charge in [-0.1, -0.05) is 27.7 Å². The Bertz CT molecular complexity index is 153. The Morgan fingerprint density at radius 2 is 1.77 bits per heavy atom. The fourth-order valence-corrected chi connectivity index (χ4v) is 2.25. The second-order valence-corrected chi connectivity index (χ2v) is 5.27. The van der Waals surface area contributed by atoms with Crippen LogP contribution in [-0.4, -0.2) is 12.6 Å². The molecule has 0 aromatic heterocycles. The average Bonchev–Trinajstić information content (AvgIpc) is 2.08. The highest BCUT2D eigenvalue weighted by Gasteiger charge is 2.28. The minimum atomic E-state index is 0.718. The van der Waals surface area contributed by atoms with E-state index in [0.717, 1.165) is 29.7 Å². The second-order valence-electron chi connectivity index (χ2n) is 5.27. The van der Waals surface area contributed by atoms with E-state index in [2.05, 4.69) is 39.9 Å². The Morgan fingerprint density at radius 3 is 2.23 bits per heavy atom. The van der Waals surface area contributed by atoms with Gasteiger partial charge in [0.15, 0.2) is 0 Å². The summed E-state index contributed by atoms with van der Waals surface area (Å²) in [5.74, 6) is 3.43. The minimum Gasteiger partial charge on any atom is -0.314 e. The molecule has 1 heteroatoms. The molecule has 0 amide bonds. The van der Waals surface area contributed by atoms with Crippen LogP contribution in [0.5, 0.6) is 0 Å². The van der Waals surface area contributed by atoms with Gasteiger partial charge in [0.1, 0.15) is 0 Å². The molecule has 1 saturated heterocycles. The molecule has 1 rings (SSSR count). The molecule has 0 bridgehead atoms. The molecule has 0 radical (unpaired) electrons. The maximum Gasteiger partial charge on any atom is 0.00645 e. The monoisotopic (exact) mass is 183 g/mol. The van der Waals surface area contributed by atoms with E-state index in [1.54, 1.807) is 0 Å². The Kier molecular flexibility index (Phi) is 3.78. The summed E-state index contributed by atoms with van der Waals surface area (Å²) in [5.41, 5.74) is 0. The summed E-state index contributed by atoms with van der Waals surface area (Å²) in [6, 6.07) is 0.718. The van der Waals surface area contributed by atoms with E-state index in [-0.39, 0.29) is 0 Å². The maximum atomic E-state index is 3.62. The standard InChI is InChI=1S/C12H25N/c1-8(2)10(4)12-6-9(3)11(5)13-7-12/h8-13H,6-7H2,1-5H3. The predicted molar refractivity (Wildman–Crippen MR) is 58.7 cm³/mol. The predicted octanol–water partition coefficient (Wildman–Crippen LogP) is 2.91. The fourth-order valence-electron chi connectivity index (χ4n) is 2.25. The van der Waals surface area contributed by atoms with Gasteiger partial charge in [-0.2, -0.15) is 0 Å². The molecule has 0 aromatic carbocycles. The van der Waals surface area contributed by atoms with Crippen LogP contribution in [0.3, 0.4) is 0 Å². The van der Waals surface area contributed by atoms with E-state index in [0.29, 0.717) is 0 Å². The molecule has 0 aliphatic carbocycles. The van der Waals surface area contributed by atoms with Gasteiger partial charge in [-0.15, -0.1) is 0 Å². The van der Waals surface area contributed by atoms with Gasteiger partial charge < -0.3 is 5.32 Å². The number of piperidine rings is 1. The zero-order valence-corrected chi connectivity index (χ0v) is 9.80. The largest absolute Gasteiger partial charge is 0.314 e. The van der Waals surface area contributed by atoms with Crippen LogP contribution < -0.4 is 5.32 Å². The van der Waals surface area contributed by atoms with E-state index in [1.807, 2.05) is 0 Å². The van der Waals surface area contributed by atoms with Gasteiger partial charge in [-0.05, 0) is 43.6 Å². The van der Waals surface area contributed by atoms with Crippen molar-refractivity contribution in [2.75, 3.05) is 6.54 Å². The van der Waals surface area contributed by atoms with Crippen LogP contribution in [0.15, 0.2) is 0 Å². The average molecular weight is 183 g/mol. The third-order valence-corrected chi connectivity index (χ3v) is 4.03. The van der Waals surface area contributed by atoms with E-state index in [9.17, 15) is 0 Å². The summed E-state index contributed by atoms with van der Waals surface area (Å²) in [4.78, 5) is 0. The van der Waals surface area contributed by atoms with Gasteiger partial charge in [0, 0.05) is 6.04 Å². The first-order chi connectivity index (χ1) is 6.02. The molecule has 4 unspecified atom stereocenters. The number of nitrogens with one attached hydrogen (secondary N) is 1. The first-order valence-electron chi connectivity index (χ1n) is 5.75.